The second-order valence-corrected chi connectivity index (χ2v) is 6.31. The number of amides is 1. The van der Waals surface area contributed by atoms with Gasteiger partial charge in [0.2, 0.25) is 0 Å². The lowest BCUT2D eigenvalue weighted by Crippen LogP contribution is -2.44. The van der Waals surface area contributed by atoms with E-state index in [0.29, 0.717) is 18.7 Å². The van der Waals surface area contributed by atoms with Gasteiger partial charge in [-0.05, 0) is 50.2 Å². The molecular formula is C19H32IN5O2. The summed E-state index contributed by atoms with van der Waals surface area (Å²) in [6.45, 7) is 5.45. The fourth-order valence-electron chi connectivity index (χ4n) is 2.94. The summed E-state index contributed by atoms with van der Waals surface area (Å²) in [4.78, 5) is 18.8. The van der Waals surface area contributed by atoms with E-state index in [-0.39, 0.29) is 29.9 Å². The van der Waals surface area contributed by atoms with E-state index in [1.165, 1.54) is 32.4 Å². The Hall–Kier alpha value is -1.55. The van der Waals surface area contributed by atoms with Crippen molar-refractivity contribution < 1.29 is 9.53 Å². The van der Waals surface area contributed by atoms with Crippen molar-refractivity contribution in [2.75, 3.05) is 53.4 Å². The average Bonchev–Trinajstić information content (AvgIpc) is 2.70. The fourth-order valence-corrected chi connectivity index (χ4v) is 2.94. The van der Waals surface area contributed by atoms with E-state index >= 15 is 0 Å². The number of carbonyl (C=O) groups excluding carboxylic acids is 1. The summed E-state index contributed by atoms with van der Waals surface area (Å²) in [5.41, 5.74) is 0.620. The van der Waals surface area contributed by atoms with Crippen LogP contribution in [0.2, 0.25) is 0 Å². The minimum Gasteiger partial charge on any atom is -0.497 e. The van der Waals surface area contributed by atoms with Crippen LogP contribution in [-0.2, 0) is 0 Å². The Labute approximate surface area is 179 Å². The van der Waals surface area contributed by atoms with Gasteiger partial charge < -0.3 is 25.6 Å². The van der Waals surface area contributed by atoms with Gasteiger partial charge in [0.1, 0.15) is 5.75 Å². The standard InChI is InChI=1S/C19H31N5O2.HI/c1-20-19(23-12-15-24-13-4-3-5-14-24)22-11-10-21-18(25)16-6-8-17(26-2)9-7-16;/h6-9H,3-5,10-15H2,1-2H3,(H,21,25)(H2,20,22,23);1H. The number of likely N-dealkylation sites (tertiary alicyclic amines) is 1. The van der Waals surface area contributed by atoms with E-state index < -0.39 is 0 Å². The van der Waals surface area contributed by atoms with Gasteiger partial charge in [0.15, 0.2) is 5.96 Å². The molecule has 1 aromatic carbocycles. The van der Waals surface area contributed by atoms with E-state index in [2.05, 4.69) is 25.8 Å². The topological polar surface area (TPSA) is 78.0 Å². The molecule has 7 nitrogen and oxygen atoms in total. The van der Waals surface area contributed by atoms with E-state index in [1.807, 2.05) is 0 Å². The molecule has 1 fully saturated rings. The van der Waals surface area contributed by atoms with Gasteiger partial charge >= 0.3 is 0 Å². The molecule has 3 N–H and O–H groups in total. The van der Waals surface area contributed by atoms with Crippen LogP contribution in [0.1, 0.15) is 29.6 Å². The van der Waals surface area contributed by atoms with Crippen molar-refractivity contribution in [3.63, 3.8) is 0 Å². The lowest BCUT2D eigenvalue weighted by molar-refractivity contribution is 0.0954. The van der Waals surface area contributed by atoms with E-state index in [1.54, 1.807) is 38.4 Å². The van der Waals surface area contributed by atoms with Crippen molar-refractivity contribution in [1.29, 1.82) is 0 Å². The van der Waals surface area contributed by atoms with Crippen LogP contribution in [-0.4, -0.2) is 70.2 Å². The first-order valence-corrected chi connectivity index (χ1v) is 9.32. The molecule has 152 valence electrons. The van der Waals surface area contributed by atoms with E-state index in [0.717, 1.165) is 24.8 Å². The zero-order chi connectivity index (χ0) is 18.6. The SMILES string of the molecule is CN=C(NCCNC(=O)c1ccc(OC)cc1)NCCN1CCCCC1.I. The number of hydrogen-bond donors (Lipinski definition) is 3. The Bertz CT molecular complexity index is 574. The molecule has 0 radical (unpaired) electrons. The molecule has 0 saturated carbocycles. The summed E-state index contributed by atoms with van der Waals surface area (Å²) in [5.74, 6) is 1.41. The summed E-state index contributed by atoms with van der Waals surface area (Å²) in [5, 5.41) is 9.43. The van der Waals surface area contributed by atoms with Crippen LogP contribution in [0.25, 0.3) is 0 Å². The minimum absolute atomic E-state index is 0. The number of guanidine groups is 1. The van der Waals surface area contributed by atoms with Gasteiger partial charge in [0.25, 0.3) is 5.91 Å². The molecule has 8 heteroatoms. The van der Waals surface area contributed by atoms with Crippen molar-refractivity contribution in [3.05, 3.63) is 29.8 Å². The van der Waals surface area contributed by atoms with Crippen LogP contribution in [0.15, 0.2) is 29.3 Å². The van der Waals surface area contributed by atoms with Crippen molar-refractivity contribution in [2.45, 2.75) is 19.3 Å². The number of methoxy groups -OCH3 is 1. The van der Waals surface area contributed by atoms with Gasteiger partial charge in [-0.2, -0.15) is 0 Å². The zero-order valence-corrected chi connectivity index (χ0v) is 18.6. The number of hydrogen-bond acceptors (Lipinski definition) is 4. The lowest BCUT2D eigenvalue weighted by atomic mass is 10.1. The fraction of sp³-hybridized carbons (Fsp3) is 0.579. The molecule has 1 heterocycles. The maximum atomic E-state index is 12.1. The maximum absolute atomic E-state index is 12.1. The van der Waals surface area contributed by atoms with Crippen molar-refractivity contribution in [3.8, 4) is 5.75 Å². The number of nitrogens with zero attached hydrogens (tertiary/aromatic N) is 2. The highest BCUT2D eigenvalue weighted by molar-refractivity contribution is 14.0. The monoisotopic (exact) mass is 489 g/mol. The number of rotatable bonds is 8. The molecule has 0 bridgehead atoms. The van der Waals surface area contributed by atoms with Crippen molar-refractivity contribution in [2.24, 2.45) is 4.99 Å². The number of nitrogens with one attached hydrogen (secondary N) is 3. The maximum Gasteiger partial charge on any atom is 0.251 e. The van der Waals surface area contributed by atoms with E-state index in [9.17, 15) is 4.79 Å². The van der Waals surface area contributed by atoms with Gasteiger partial charge in [-0.1, -0.05) is 6.42 Å². The number of carbonyl (C=O) groups is 1. The summed E-state index contributed by atoms with van der Waals surface area (Å²) in [6, 6.07) is 7.06. The highest BCUT2D eigenvalue weighted by Gasteiger charge is 2.09. The van der Waals surface area contributed by atoms with Gasteiger partial charge in [0, 0.05) is 38.8 Å². The number of piperidine rings is 1. The van der Waals surface area contributed by atoms with Crippen LogP contribution in [0.5, 0.6) is 5.75 Å². The number of halogens is 1. The van der Waals surface area contributed by atoms with Crippen LogP contribution < -0.4 is 20.7 Å². The minimum atomic E-state index is -0.0949. The molecule has 0 aliphatic carbocycles. The molecule has 1 saturated heterocycles. The molecule has 1 aliphatic heterocycles. The zero-order valence-electron chi connectivity index (χ0n) is 16.3. The molecule has 2 rings (SSSR count). The molecule has 0 aromatic heterocycles. The molecule has 0 atom stereocenters. The van der Waals surface area contributed by atoms with Crippen LogP contribution >= 0.6 is 24.0 Å². The van der Waals surface area contributed by atoms with Crippen molar-refractivity contribution in [1.82, 2.24) is 20.9 Å². The number of aliphatic imine (C=N–C) groups is 1. The molecule has 1 aromatic rings. The summed E-state index contributed by atoms with van der Waals surface area (Å²) in [7, 11) is 3.36. The molecule has 1 amide bonds. The second kappa shape index (κ2) is 13.6. The van der Waals surface area contributed by atoms with Crippen molar-refractivity contribution >= 4 is 35.8 Å². The predicted molar refractivity (Wildman–Crippen MR) is 120 cm³/mol. The Balaban J connectivity index is 0.00000364. The average molecular weight is 489 g/mol. The largest absolute Gasteiger partial charge is 0.497 e. The van der Waals surface area contributed by atoms with Gasteiger partial charge in [-0.15, -0.1) is 24.0 Å². The highest BCUT2D eigenvalue weighted by Crippen LogP contribution is 2.10. The lowest BCUT2D eigenvalue weighted by Gasteiger charge is -2.26. The van der Waals surface area contributed by atoms with E-state index in [4.69, 9.17) is 4.74 Å². The van der Waals surface area contributed by atoms with Crippen LogP contribution in [0, 0.1) is 0 Å². The molecular weight excluding hydrogens is 457 g/mol. The van der Waals surface area contributed by atoms with Crippen LogP contribution in [0.3, 0.4) is 0 Å². The second-order valence-electron chi connectivity index (χ2n) is 6.31. The third-order valence-electron chi connectivity index (χ3n) is 4.45. The highest BCUT2D eigenvalue weighted by atomic mass is 127. The first-order chi connectivity index (χ1) is 12.7. The normalized spacial score (nSPS) is 14.8. The number of ether oxygens (including phenoxy) is 1. The third-order valence-corrected chi connectivity index (χ3v) is 4.45. The smallest absolute Gasteiger partial charge is 0.251 e. The molecule has 0 unspecified atom stereocenters. The van der Waals surface area contributed by atoms with Gasteiger partial charge in [-0.25, -0.2) is 0 Å². The Morgan fingerprint density at radius 1 is 1.04 bits per heavy atom. The summed E-state index contributed by atoms with van der Waals surface area (Å²) >= 11 is 0. The number of benzene rings is 1. The molecule has 1 aliphatic rings. The van der Waals surface area contributed by atoms with Gasteiger partial charge in [-0.3, -0.25) is 9.79 Å². The summed E-state index contributed by atoms with van der Waals surface area (Å²) in [6.07, 6.45) is 3.97. The molecule has 27 heavy (non-hydrogen) atoms. The first-order valence-electron chi connectivity index (χ1n) is 9.32. The molecule has 0 spiro atoms. The van der Waals surface area contributed by atoms with Crippen LogP contribution in [0.4, 0.5) is 0 Å². The predicted octanol–water partition coefficient (Wildman–Crippen LogP) is 1.69. The first kappa shape index (κ1) is 23.5. The Kier molecular flexibility index (Phi) is 11.8. The summed E-state index contributed by atoms with van der Waals surface area (Å²) < 4.78 is 5.09. The van der Waals surface area contributed by atoms with Gasteiger partial charge in [0.05, 0.1) is 7.11 Å². The quantitative estimate of drug-likeness (QED) is 0.224. The Morgan fingerprint density at radius 2 is 1.67 bits per heavy atom. The Morgan fingerprint density at radius 3 is 2.30 bits per heavy atom. The third kappa shape index (κ3) is 8.79.